The van der Waals surface area contributed by atoms with Crippen molar-refractivity contribution in [2.24, 2.45) is 23.2 Å². The molecule has 5 fully saturated rings. The van der Waals surface area contributed by atoms with Crippen molar-refractivity contribution in [2.75, 3.05) is 13.1 Å². The highest BCUT2D eigenvalue weighted by Crippen LogP contribution is 2.69. The largest absolute Gasteiger partial charge is 0.295 e. The minimum atomic E-state index is -0.730. The Balaban J connectivity index is 1.36. The third kappa shape index (κ3) is 1.41. The fraction of sp³-hybridized carbons (Fsp3) is 0.778. The van der Waals surface area contributed by atoms with Gasteiger partial charge in [0.2, 0.25) is 0 Å². The Kier molecular flexibility index (Phi) is 2.25. The predicted octanol–water partition coefficient (Wildman–Crippen LogP) is 3.72. The monoisotopic (exact) mass is 273 g/mol. The van der Waals surface area contributed by atoms with E-state index in [1.807, 2.05) is 6.92 Å². The van der Waals surface area contributed by atoms with Gasteiger partial charge in [0, 0.05) is 25.6 Å². The molecule has 5 aliphatic carbocycles. The van der Waals surface area contributed by atoms with Crippen molar-refractivity contribution in [1.82, 2.24) is 4.90 Å². The Labute approximate surface area is 120 Å². The maximum absolute atomic E-state index is 14.2. The molecular formula is C18H24FN. The third-order valence-corrected chi connectivity index (χ3v) is 7.03. The fourth-order valence-corrected chi connectivity index (χ4v) is 6.59. The van der Waals surface area contributed by atoms with Gasteiger partial charge in [0.15, 0.2) is 0 Å². The van der Waals surface area contributed by atoms with Crippen LogP contribution in [0.3, 0.4) is 0 Å². The summed E-state index contributed by atoms with van der Waals surface area (Å²) in [6.45, 7) is 4.19. The molecule has 1 nitrogen and oxygen atoms in total. The lowest BCUT2D eigenvalue weighted by atomic mass is 9.61. The Morgan fingerprint density at radius 1 is 1.30 bits per heavy atom. The van der Waals surface area contributed by atoms with E-state index in [1.54, 1.807) is 0 Å². The molecule has 4 bridgehead atoms. The summed E-state index contributed by atoms with van der Waals surface area (Å²) in [5.41, 5.74) is 2.88. The predicted molar refractivity (Wildman–Crippen MR) is 78.1 cm³/mol. The van der Waals surface area contributed by atoms with E-state index in [0.29, 0.717) is 11.8 Å². The molecule has 0 radical (unpaired) electrons. The topological polar surface area (TPSA) is 3.24 Å². The first-order valence-corrected chi connectivity index (χ1v) is 8.39. The second-order valence-corrected chi connectivity index (χ2v) is 8.31. The third-order valence-electron chi connectivity index (χ3n) is 7.03. The summed E-state index contributed by atoms with van der Waals surface area (Å²) in [5.74, 6) is 3.03. The Hall–Kier alpha value is -0.630. The molecule has 0 N–H and O–H groups in total. The molecule has 6 unspecified atom stereocenters. The van der Waals surface area contributed by atoms with Gasteiger partial charge in [-0.3, -0.25) is 4.90 Å². The number of hydrogen-bond acceptors (Lipinski definition) is 1. The normalized spacial score (nSPS) is 52.6. The van der Waals surface area contributed by atoms with Crippen LogP contribution in [0.2, 0.25) is 0 Å². The van der Waals surface area contributed by atoms with Crippen molar-refractivity contribution in [3.63, 3.8) is 0 Å². The zero-order valence-electron chi connectivity index (χ0n) is 12.3. The lowest BCUT2D eigenvalue weighted by Crippen LogP contribution is -2.66. The minimum Gasteiger partial charge on any atom is -0.295 e. The van der Waals surface area contributed by atoms with Crippen LogP contribution in [0.4, 0.5) is 4.39 Å². The van der Waals surface area contributed by atoms with Gasteiger partial charge in [-0.15, -0.1) is 0 Å². The molecule has 2 heteroatoms. The molecule has 0 aromatic carbocycles. The fourth-order valence-electron chi connectivity index (χ4n) is 6.59. The number of halogens is 1. The Morgan fingerprint density at radius 2 is 2.20 bits per heavy atom. The molecule has 6 atom stereocenters. The average Bonchev–Trinajstić information content (AvgIpc) is 2.74. The van der Waals surface area contributed by atoms with Crippen LogP contribution >= 0.6 is 0 Å². The van der Waals surface area contributed by atoms with E-state index < -0.39 is 6.17 Å². The molecule has 20 heavy (non-hydrogen) atoms. The Morgan fingerprint density at radius 3 is 3.00 bits per heavy atom. The minimum absolute atomic E-state index is 0.615. The van der Waals surface area contributed by atoms with Crippen molar-refractivity contribution >= 4 is 0 Å². The van der Waals surface area contributed by atoms with E-state index in [9.17, 15) is 4.39 Å². The summed E-state index contributed by atoms with van der Waals surface area (Å²) in [6, 6.07) is 0.811. The smallest absolute Gasteiger partial charge is 0.126 e. The highest BCUT2D eigenvalue weighted by atomic mass is 19.1. The van der Waals surface area contributed by atoms with Crippen LogP contribution < -0.4 is 0 Å². The van der Waals surface area contributed by atoms with Gasteiger partial charge in [-0.2, -0.15) is 0 Å². The molecule has 0 aromatic rings. The van der Waals surface area contributed by atoms with Crippen LogP contribution in [-0.4, -0.2) is 30.2 Å². The lowest BCUT2D eigenvalue weighted by Gasteiger charge is -2.60. The van der Waals surface area contributed by atoms with Crippen LogP contribution in [0.25, 0.3) is 0 Å². The summed E-state index contributed by atoms with van der Waals surface area (Å²) in [6.07, 6.45) is 10.0. The highest BCUT2D eigenvalue weighted by Gasteiger charge is 2.68. The summed E-state index contributed by atoms with van der Waals surface area (Å²) < 4.78 is 14.2. The van der Waals surface area contributed by atoms with Crippen molar-refractivity contribution in [1.29, 1.82) is 0 Å². The zero-order valence-corrected chi connectivity index (χ0v) is 12.3. The maximum atomic E-state index is 14.2. The van der Waals surface area contributed by atoms with Gasteiger partial charge in [0.25, 0.3) is 0 Å². The van der Waals surface area contributed by atoms with Crippen LogP contribution in [0, 0.1) is 23.2 Å². The number of alkyl halides is 1. The van der Waals surface area contributed by atoms with Crippen LogP contribution in [0.5, 0.6) is 0 Å². The molecule has 4 saturated carbocycles. The second kappa shape index (κ2) is 3.76. The van der Waals surface area contributed by atoms with Crippen molar-refractivity contribution in [2.45, 2.75) is 51.2 Å². The first-order chi connectivity index (χ1) is 9.64. The molecule has 6 rings (SSSR count). The number of allylic oxidation sites excluding steroid dienone is 3. The van der Waals surface area contributed by atoms with E-state index in [4.69, 9.17) is 0 Å². The number of likely N-dealkylation sites (tertiary alicyclic amines) is 1. The van der Waals surface area contributed by atoms with Crippen molar-refractivity contribution < 1.29 is 4.39 Å². The van der Waals surface area contributed by atoms with Gasteiger partial charge >= 0.3 is 0 Å². The molecule has 1 saturated heterocycles. The second-order valence-electron chi connectivity index (χ2n) is 8.31. The summed E-state index contributed by atoms with van der Waals surface area (Å²) in [7, 11) is 0. The molecular weight excluding hydrogens is 249 g/mol. The molecule has 1 aliphatic heterocycles. The van der Waals surface area contributed by atoms with Gasteiger partial charge in [-0.25, -0.2) is 4.39 Å². The number of nitrogens with zero attached hydrogens (tertiary/aromatic N) is 1. The number of hydrogen-bond donors (Lipinski definition) is 0. The van der Waals surface area contributed by atoms with Crippen LogP contribution in [0.15, 0.2) is 23.3 Å². The average molecular weight is 273 g/mol. The zero-order chi connectivity index (χ0) is 13.5. The van der Waals surface area contributed by atoms with Crippen LogP contribution in [0.1, 0.15) is 39.0 Å². The van der Waals surface area contributed by atoms with Gasteiger partial charge in [0.1, 0.15) is 6.17 Å². The highest BCUT2D eigenvalue weighted by molar-refractivity contribution is 5.30. The van der Waals surface area contributed by atoms with E-state index in [2.05, 4.69) is 17.1 Å². The van der Waals surface area contributed by atoms with Crippen molar-refractivity contribution in [3.8, 4) is 0 Å². The van der Waals surface area contributed by atoms with Gasteiger partial charge in [-0.1, -0.05) is 17.7 Å². The van der Waals surface area contributed by atoms with Gasteiger partial charge in [-0.05, 0) is 61.3 Å². The van der Waals surface area contributed by atoms with E-state index in [0.717, 1.165) is 35.9 Å². The lowest BCUT2D eigenvalue weighted by molar-refractivity contribution is -0.102. The first-order valence-electron chi connectivity index (χ1n) is 8.39. The SMILES string of the molecule is CC1=CC=C(CN2CC34CC5CC(C3)C(C5)C24)C(F)C1. The molecule has 0 amide bonds. The standard InChI is InChI=1S/C18H24FN/c1-11-2-3-13(16(19)4-11)9-20-10-18-7-12-5-14(8-18)15(6-12)17(18)20/h2-3,12,14-17H,4-10H2,1H3. The van der Waals surface area contributed by atoms with E-state index in [-0.39, 0.29) is 0 Å². The summed E-state index contributed by atoms with van der Waals surface area (Å²) in [4.78, 5) is 2.62. The maximum Gasteiger partial charge on any atom is 0.126 e. The van der Waals surface area contributed by atoms with E-state index in [1.165, 1.54) is 37.8 Å². The Bertz CT molecular complexity index is 518. The first kappa shape index (κ1) is 12.0. The summed E-state index contributed by atoms with van der Waals surface area (Å²) in [5, 5.41) is 0. The molecule has 108 valence electrons. The van der Waals surface area contributed by atoms with Crippen molar-refractivity contribution in [3.05, 3.63) is 23.3 Å². The molecule has 6 aliphatic rings. The van der Waals surface area contributed by atoms with Crippen LogP contribution in [-0.2, 0) is 0 Å². The number of rotatable bonds is 2. The van der Waals surface area contributed by atoms with E-state index >= 15 is 0 Å². The summed E-state index contributed by atoms with van der Waals surface area (Å²) >= 11 is 0. The molecule has 0 aromatic heterocycles. The van der Waals surface area contributed by atoms with Gasteiger partial charge < -0.3 is 0 Å². The molecule has 1 heterocycles. The quantitative estimate of drug-likeness (QED) is 0.741. The molecule has 1 spiro atoms. The van der Waals surface area contributed by atoms with Gasteiger partial charge in [0.05, 0.1) is 0 Å².